The summed E-state index contributed by atoms with van der Waals surface area (Å²) in [4.78, 5) is 0. The molecule has 0 saturated heterocycles. The van der Waals surface area contributed by atoms with Crippen LogP contribution in [0.25, 0.3) is 77.2 Å². The molecule has 2 aliphatic rings. The van der Waals surface area contributed by atoms with Crippen molar-refractivity contribution < 1.29 is 0 Å². The lowest BCUT2D eigenvalue weighted by Crippen LogP contribution is -2.57. The molecule has 0 radical (unpaired) electrons. The second-order valence-corrected chi connectivity index (χ2v) is 15.9. The maximum Gasteiger partial charge on any atom is 0.247 e. The molecular weight excluding hydrogens is 698 g/mol. The van der Waals surface area contributed by atoms with Crippen molar-refractivity contribution in [2.24, 2.45) is 0 Å². The number of hydrogen-bond acceptors (Lipinski definition) is 0. The van der Waals surface area contributed by atoms with Crippen LogP contribution in [-0.2, 0) is 0 Å². The van der Waals surface area contributed by atoms with Crippen LogP contribution >= 0.6 is 0 Å². The van der Waals surface area contributed by atoms with E-state index < -0.39 is 0 Å². The summed E-state index contributed by atoms with van der Waals surface area (Å²) in [6, 6.07) is 76.8. The van der Waals surface area contributed by atoms with E-state index in [1.165, 1.54) is 110 Å². The highest BCUT2D eigenvalue weighted by Gasteiger charge is 2.39. The Hall–Kier alpha value is -7.29. The number of hydrogen-bond donors (Lipinski definition) is 0. The van der Waals surface area contributed by atoms with Crippen molar-refractivity contribution in [3.63, 3.8) is 0 Å². The summed E-state index contributed by atoms with van der Waals surface area (Å²) in [7, 11) is 0. The maximum atomic E-state index is 2.61. The van der Waals surface area contributed by atoms with Crippen molar-refractivity contribution in [2.75, 3.05) is 0 Å². The fourth-order valence-electron chi connectivity index (χ4n) is 10.9. The van der Waals surface area contributed by atoms with Gasteiger partial charge in [0, 0.05) is 38.4 Å². The predicted octanol–water partition coefficient (Wildman–Crippen LogP) is 8.87. The van der Waals surface area contributed by atoms with E-state index in [0.717, 1.165) is 0 Å². The Morgan fingerprint density at radius 3 is 1.40 bits per heavy atom. The van der Waals surface area contributed by atoms with Crippen molar-refractivity contribution in [3.05, 3.63) is 206 Å². The average Bonchev–Trinajstić information content (AvgIpc) is 3.82. The van der Waals surface area contributed by atoms with Crippen LogP contribution in [0.15, 0.2) is 206 Å². The van der Waals surface area contributed by atoms with Crippen LogP contribution in [0.1, 0.15) is 0 Å². The fraction of sp³-hybridized carbons (Fsp3) is 0. The topological polar surface area (TPSA) is 9.86 Å². The van der Waals surface area contributed by atoms with Gasteiger partial charge in [0.05, 0.1) is 16.6 Å². The number of para-hydroxylation sites is 4. The van der Waals surface area contributed by atoms with Crippen LogP contribution in [0, 0.1) is 0 Å². The molecule has 2 aliphatic heterocycles. The standard InChI is InChI=1S/C54H34B2N2/c1-3-18-35(19-4-1)37-22-7-10-26-41(37)55-43-28-12-16-33-49(43)58-50-34-46-54-52(51(50)40-25-17-30-45(55)53(40)58)39-24-9-14-31-47(39)57(54)48-32-15-13-29-44(48)56(46)42-27-11-8-23-38(42)36-20-5-2-6-21-36/h1-34H. The first-order valence-electron chi connectivity index (χ1n) is 20.4. The lowest BCUT2D eigenvalue weighted by Gasteiger charge is -2.29. The molecule has 0 aliphatic carbocycles. The van der Waals surface area contributed by atoms with E-state index >= 15 is 0 Å². The van der Waals surface area contributed by atoms with Gasteiger partial charge in [-0.3, -0.25) is 0 Å². The van der Waals surface area contributed by atoms with Gasteiger partial charge in [0.25, 0.3) is 0 Å². The molecule has 266 valence electrons. The van der Waals surface area contributed by atoms with Crippen LogP contribution in [0.3, 0.4) is 0 Å². The number of aromatic nitrogens is 2. The Labute approximate surface area is 337 Å². The summed E-state index contributed by atoms with van der Waals surface area (Å²) < 4.78 is 5.18. The highest BCUT2D eigenvalue weighted by Crippen LogP contribution is 2.43. The van der Waals surface area contributed by atoms with Gasteiger partial charge >= 0.3 is 0 Å². The average molecular weight is 733 g/mol. The predicted molar refractivity (Wildman–Crippen MR) is 248 cm³/mol. The molecule has 11 aromatic rings. The molecule has 13 rings (SSSR count). The van der Waals surface area contributed by atoms with Gasteiger partial charge in [0.1, 0.15) is 0 Å². The first kappa shape index (κ1) is 31.9. The van der Waals surface area contributed by atoms with Gasteiger partial charge in [-0.25, -0.2) is 0 Å². The van der Waals surface area contributed by atoms with Crippen molar-refractivity contribution >= 4 is 89.8 Å². The smallest absolute Gasteiger partial charge is 0.247 e. The first-order valence-corrected chi connectivity index (χ1v) is 20.4. The Balaban J connectivity index is 1.20. The molecule has 0 bridgehead atoms. The van der Waals surface area contributed by atoms with Crippen LogP contribution < -0.4 is 32.8 Å². The number of rotatable bonds is 4. The minimum atomic E-state index is 0.0194. The van der Waals surface area contributed by atoms with E-state index in [0.29, 0.717) is 0 Å². The third-order valence-corrected chi connectivity index (χ3v) is 13.1. The summed E-state index contributed by atoms with van der Waals surface area (Å²) in [6.45, 7) is 0.0841. The minimum Gasteiger partial charge on any atom is -0.310 e. The zero-order valence-corrected chi connectivity index (χ0v) is 31.7. The third kappa shape index (κ3) is 4.24. The third-order valence-electron chi connectivity index (χ3n) is 13.1. The van der Waals surface area contributed by atoms with Crippen LogP contribution in [-0.4, -0.2) is 22.6 Å². The van der Waals surface area contributed by atoms with E-state index in [1.807, 2.05) is 0 Å². The van der Waals surface area contributed by atoms with Gasteiger partial charge < -0.3 is 9.13 Å². The lowest BCUT2D eigenvalue weighted by molar-refractivity contribution is 1.18. The zero-order chi connectivity index (χ0) is 37.9. The van der Waals surface area contributed by atoms with E-state index in [-0.39, 0.29) is 13.4 Å². The molecule has 0 spiro atoms. The molecule has 0 amide bonds. The summed E-state index contributed by atoms with van der Waals surface area (Å²) in [5.74, 6) is 0. The highest BCUT2D eigenvalue weighted by molar-refractivity contribution is 7.00. The molecule has 0 unspecified atom stereocenters. The Morgan fingerprint density at radius 1 is 0.293 bits per heavy atom. The van der Waals surface area contributed by atoms with Gasteiger partial charge in [-0.1, -0.05) is 193 Å². The molecule has 2 aromatic heterocycles. The van der Waals surface area contributed by atoms with E-state index in [4.69, 9.17) is 0 Å². The molecule has 0 atom stereocenters. The molecule has 0 N–H and O–H groups in total. The minimum absolute atomic E-state index is 0.0194. The summed E-state index contributed by atoms with van der Waals surface area (Å²) in [5.41, 5.74) is 20.7. The second kappa shape index (κ2) is 12.1. The van der Waals surface area contributed by atoms with E-state index in [9.17, 15) is 0 Å². The fourth-order valence-corrected chi connectivity index (χ4v) is 10.9. The quantitative estimate of drug-likeness (QED) is 0.160. The number of fused-ring (bicyclic) bond motifs is 11. The van der Waals surface area contributed by atoms with Crippen molar-refractivity contribution in [2.45, 2.75) is 0 Å². The van der Waals surface area contributed by atoms with Crippen LogP contribution in [0.4, 0.5) is 0 Å². The van der Waals surface area contributed by atoms with Gasteiger partial charge in [0.15, 0.2) is 0 Å². The summed E-state index contributed by atoms with van der Waals surface area (Å²) in [6.07, 6.45) is 0. The summed E-state index contributed by atoms with van der Waals surface area (Å²) in [5, 5.41) is 5.26. The van der Waals surface area contributed by atoms with Crippen LogP contribution in [0.2, 0.25) is 0 Å². The Kier molecular flexibility index (Phi) is 6.65. The van der Waals surface area contributed by atoms with Gasteiger partial charge in [0.2, 0.25) is 13.4 Å². The first-order chi connectivity index (χ1) is 28.8. The lowest BCUT2D eigenvalue weighted by atomic mass is 9.34. The normalized spacial score (nSPS) is 12.8. The molecule has 2 nitrogen and oxygen atoms in total. The molecule has 4 heteroatoms. The van der Waals surface area contributed by atoms with E-state index in [1.54, 1.807) is 0 Å². The molecule has 4 heterocycles. The monoisotopic (exact) mass is 732 g/mol. The highest BCUT2D eigenvalue weighted by atomic mass is 15.0. The molecule has 9 aromatic carbocycles. The van der Waals surface area contributed by atoms with Crippen molar-refractivity contribution in [3.8, 4) is 33.6 Å². The van der Waals surface area contributed by atoms with Crippen molar-refractivity contribution in [1.29, 1.82) is 0 Å². The summed E-state index contributed by atoms with van der Waals surface area (Å²) >= 11 is 0. The zero-order valence-electron chi connectivity index (χ0n) is 31.7. The van der Waals surface area contributed by atoms with Crippen LogP contribution in [0.5, 0.6) is 0 Å². The largest absolute Gasteiger partial charge is 0.310 e. The molecule has 0 fully saturated rings. The SMILES string of the molecule is c1ccc(-c2ccccc2B2c3ccccc3-n3c4cc5c6c(c7ccccc7n6-c6ccccc6B5c5ccccc5-c5ccccc5)c4c4cccc2c43)cc1. The molecular formula is C54H34B2N2. The molecule has 0 saturated carbocycles. The second-order valence-electron chi connectivity index (χ2n) is 15.9. The van der Waals surface area contributed by atoms with E-state index in [2.05, 4.69) is 215 Å². The van der Waals surface area contributed by atoms with Crippen molar-refractivity contribution in [1.82, 2.24) is 9.13 Å². The number of benzene rings is 9. The number of nitrogens with zero attached hydrogens (tertiary/aromatic N) is 2. The van der Waals surface area contributed by atoms with Gasteiger partial charge in [-0.15, -0.1) is 0 Å². The maximum absolute atomic E-state index is 2.61. The van der Waals surface area contributed by atoms with Gasteiger partial charge in [-0.2, -0.15) is 0 Å². The van der Waals surface area contributed by atoms with Gasteiger partial charge in [-0.05, 0) is 68.4 Å². The Morgan fingerprint density at radius 2 is 0.759 bits per heavy atom. The Bertz CT molecular complexity index is 3470. The molecule has 58 heavy (non-hydrogen) atoms.